The Morgan fingerprint density at radius 2 is 1.67 bits per heavy atom. The highest BCUT2D eigenvalue weighted by molar-refractivity contribution is 7.10. The zero-order valence-corrected chi connectivity index (χ0v) is 17.4. The van der Waals surface area contributed by atoms with Crippen LogP contribution in [0.15, 0.2) is 41.8 Å². The number of urea groups is 1. The highest BCUT2D eigenvalue weighted by atomic mass is 32.1. The summed E-state index contributed by atoms with van der Waals surface area (Å²) in [4.78, 5) is 25.1. The Kier molecular flexibility index (Phi) is 7.16. The van der Waals surface area contributed by atoms with Crippen molar-refractivity contribution < 1.29 is 9.59 Å². The minimum Gasteiger partial charge on any atom is -0.333 e. The SMILES string of the molecule is CC(C)c1ccc([C@H](NCC(=O)NC(=O)NC(C)(C)C)c2cccs2)cc1. The van der Waals surface area contributed by atoms with Gasteiger partial charge >= 0.3 is 6.03 Å². The third kappa shape index (κ3) is 6.81. The van der Waals surface area contributed by atoms with E-state index in [2.05, 4.69) is 54.1 Å². The topological polar surface area (TPSA) is 70.2 Å². The second-order valence-corrected chi connectivity index (χ2v) is 8.88. The zero-order chi connectivity index (χ0) is 20.0. The fourth-order valence-electron chi connectivity index (χ4n) is 2.65. The summed E-state index contributed by atoms with van der Waals surface area (Å²) in [5.41, 5.74) is 1.98. The summed E-state index contributed by atoms with van der Waals surface area (Å²) in [6.07, 6.45) is 0. The Hall–Kier alpha value is -2.18. The van der Waals surface area contributed by atoms with E-state index in [0.717, 1.165) is 10.4 Å². The summed E-state index contributed by atoms with van der Waals surface area (Å²) in [5, 5.41) is 10.4. The van der Waals surface area contributed by atoms with Gasteiger partial charge in [-0.05, 0) is 49.3 Å². The molecule has 5 nitrogen and oxygen atoms in total. The van der Waals surface area contributed by atoms with E-state index in [4.69, 9.17) is 0 Å². The van der Waals surface area contributed by atoms with Crippen LogP contribution in [0.2, 0.25) is 0 Å². The molecule has 0 fully saturated rings. The van der Waals surface area contributed by atoms with Crippen LogP contribution in [0.4, 0.5) is 4.79 Å². The fourth-order valence-corrected chi connectivity index (χ4v) is 3.48. The summed E-state index contributed by atoms with van der Waals surface area (Å²) in [7, 11) is 0. The third-order valence-corrected chi connectivity index (χ3v) is 4.91. The van der Waals surface area contributed by atoms with Gasteiger partial charge in [0.25, 0.3) is 0 Å². The minimum atomic E-state index is -0.483. The molecule has 2 aromatic rings. The highest BCUT2D eigenvalue weighted by Crippen LogP contribution is 2.27. The van der Waals surface area contributed by atoms with E-state index in [1.807, 2.05) is 38.3 Å². The van der Waals surface area contributed by atoms with Gasteiger partial charge < -0.3 is 5.32 Å². The maximum atomic E-state index is 12.2. The molecule has 0 saturated carbocycles. The van der Waals surface area contributed by atoms with Crippen molar-refractivity contribution in [1.82, 2.24) is 16.0 Å². The molecule has 0 spiro atoms. The van der Waals surface area contributed by atoms with Gasteiger partial charge in [0.05, 0.1) is 12.6 Å². The van der Waals surface area contributed by atoms with Gasteiger partial charge in [-0.15, -0.1) is 11.3 Å². The number of carbonyl (C=O) groups is 2. The fraction of sp³-hybridized carbons (Fsp3) is 0.429. The lowest BCUT2D eigenvalue weighted by molar-refractivity contribution is -0.119. The Labute approximate surface area is 165 Å². The molecule has 3 N–H and O–H groups in total. The van der Waals surface area contributed by atoms with Gasteiger partial charge in [-0.2, -0.15) is 0 Å². The van der Waals surface area contributed by atoms with Crippen molar-refractivity contribution in [3.05, 3.63) is 57.8 Å². The molecule has 0 aliphatic heterocycles. The van der Waals surface area contributed by atoms with Crippen LogP contribution in [0.5, 0.6) is 0 Å². The molecule has 1 heterocycles. The van der Waals surface area contributed by atoms with Gasteiger partial charge in [0, 0.05) is 10.4 Å². The van der Waals surface area contributed by atoms with E-state index < -0.39 is 11.6 Å². The van der Waals surface area contributed by atoms with Crippen molar-refractivity contribution in [3.63, 3.8) is 0 Å². The Morgan fingerprint density at radius 3 is 2.19 bits per heavy atom. The van der Waals surface area contributed by atoms with Crippen molar-refractivity contribution in [2.24, 2.45) is 0 Å². The lowest BCUT2D eigenvalue weighted by Crippen LogP contribution is -2.50. The smallest absolute Gasteiger partial charge is 0.321 e. The molecule has 3 amide bonds. The molecule has 0 bridgehead atoms. The number of carbonyl (C=O) groups excluding carboxylic acids is 2. The molecule has 1 aromatic heterocycles. The van der Waals surface area contributed by atoms with Crippen LogP contribution in [0, 0.1) is 0 Å². The second kappa shape index (κ2) is 9.15. The quantitative estimate of drug-likeness (QED) is 0.696. The van der Waals surface area contributed by atoms with Gasteiger partial charge in [-0.3, -0.25) is 15.4 Å². The Balaban J connectivity index is 2.04. The molecular formula is C21H29N3O2S. The summed E-state index contributed by atoms with van der Waals surface area (Å²) in [5.74, 6) is 0.108. The Morgan fingerprint density at radius 1 is 1.04 bits per heavy atom. The van der Waals surface area contributed by atoms with E-state index in [1.54, 1.807) is 11.3 Å². The van der Waals surface area contributed by atoms with Gasteiger partial charge in [-0.25, -0.2) is 4.79 Å². The van der Waals surface area contributed by atoms with Crippen molar-refractivity contribution in [1.29, 1.82) is 0 Å². The first kappa shape index (κ1) is 21.1. The van der Waals surface area contributed by atoms with Crippen LogP contribution in [0.1, 0.15) is 62.6 Å². The molecule has 0 unspecified atom stereocenters. The number of amides is 3. The first-order valence-electron chi connectivity index (χ1n) is 9.14. The van der Waals surface area contributed by atoms with Crippen LogP contribution < -0.4 is 16.0 Å². The highest BCUT2D eigenvalue weighted by Gasteiger charge is 2.19. The summed E-state index contributed by atoms with van der Waals surface area (Å²) in [6, 6.07) is 11.9. The lowest BCUT2D eigenvalue weighted by Gasteiger charge is -2.21. The largest absolute Gasteiger partial charge is 0.333 e. The molecule has 1 aromatic carbocycles. The first-order valence-corrected chi connectivity index (χ1v) is 10.0. The molecule has 0 aliphatic carbocycles. The molecule has 0 saturated heterocycles. The molecular weight excluding hydrogens is 358 g/mol. The van der Waals surface area contributed by atoms with Crippen LogP contribution in [-0.2, 0) is 4.79 Å². The molecule has 0 radical (unpaired) electrons. The number of hydrogen-bond acceptors (Lipinski definition) is 4. The van der Waals surface area contributed by atoms with E-state index in [0.29, 0.717) is 5.92 Å². The van der Waals surface area contributed by atoms with Crippen LogP contribution in [0.3, 0.4) is 0 Å². The number of nitrogens with one attached hydrogen (secondary N) is 3. The Bertz CT molecular complexity index is 747. The summed E-state index contributed by atoms with van der Waals surface area (Å²) >= 11 is 1.64. The normalized spacial score (nSPS) is 12.7. The van der Waals surface area contributed by atoms with E-state index >= 15 is 0 Å². The molecule has 0 aliphatic rings. The van der Waals surface area contributed by atoms with Crippen molar-refractivity contribution in [3.8, 4) is 0 Å². The predicted molar refractivity (Wildman–Crippen MR) is 111 cm³/mol. The monoisotopic (exact) mass is 387 g/mol. The molecule has 27 heavy (non-hydrogen) atoms. The number of imide groups is 1. The van der Waals surface area contributed by atoms with Gasteiger partial charge in [0.15, 0.2) is 0 Å². The minimum absolute atomic E-state index is 0.0477. The number of thiophene rings is 1. The average Bonchev–Trinajstić information content (AvgIpc) is 3.07. The van der Waals surface area contributed by atoms with E-state index in [9.17, 15) is 9.59 Å². The second-order valence-electron chi connectivity index (χ2n) is 7.90. The van der Waals surface area contributed by atoms with E-state index in [-0.39, 0.29) is 18.5 Å². The van der Waals surface area contributed by atoms with Gasteiger partial charge in [0.2, 0.25) is 5.91 Å². The van der Waals surface area contributed by atoms with Gasteiger partial charge in [-0.1, -0.05) is 44.2 Å². The maximum absolute atomic E-state index is 12.2. The van der Waals surface area contributed by atoms with Crippen LogP contribution >= 0.6 is 11.3 Å². The number of hydrogen-bond donors (Lipinski definition) is 3. The van der Waals surface area contributed by atoms with Crippen LogP contribution in [0.25, 0.3) is 0 Å². The number of rotatable bonds is 6. The first-order chi connectivity index (χ1) is 12.7. The predicted octanol–water partition coefficient (Wildman–Crippen LogP) is 4.17. The van der Waals surface area contributed by atoms with E-state index in [1.165, 1.54) is 5.56 Å². The molecule has 6 heteroatoms. The van der Waals surface area contributed by atoms with Crippen molar-refractivity contribution >= 4 is 23.3 Å². The van der Waals surface area contributed by atoms with Crippen molar-refractivity contribution in [2.75, 3.05) is 6.54 Å². The van der Waals surface area contributed by atoms with Crippen molar-refractivity contribution in [2.45, 2.75) is 52.1 Å². The molecule has 1 atom stereocenters. The summed E-state index contributed by atoms with van der Waals surface area (Å²) < 4.78 is 0. The van der Waals surface area contributed by atoms with Crippen LogP contribution in [-0.4, -0.2) is 24.0 Å². The maximum Gasteiger partial charge on any atom is 0.321 e. The average molecular weight is 388 g/mol. The number of benzene rings is 1. The van der Waals surface area contributed by atoms with Gasteiger partial charge in [0.1, 0.15) is 0 Å². The third-order valence-electron chi connectivity index (χ3n) is 3.97. The summed E-state index contributed by atoms with van der Waals surface area (Å²) in [6.45, 7) is 9.97. The lowest BCUT2D eigenvalue weighted by atomic mass is 9.98. The zero-order valence-electron chi connectivity index (χ0n) is 16.6. The standard InChI is InChI=1S/C21H29N3O2S/c1-14(2)15-8-10-16(11-9-15)19(17-7-6-12-27-17)22-13-18(25)23-20(26)24-21(3,4)5/h6-12,14,19,22H,13H2,1-5H3,(H2,23,24,25,26)/t19-/m0/s1. The molecule has 146 valence electrons. The molecule has 2 rings (SSSR count).